The highest BCUT2D eigenvalue weighted by Crippen LogP contribution is 2.03. The molecule has 0 aliphatic rings. The Kier molecular flexibility index (Phi) is 4.50. The van der Waals surface area contributed by atoms with E-state index >= 15 is 0 Å². The number of likely N-dealkylation sites (N-methyl/N-ethyl adjacent to an activating group) is 1. The van der Waals surface area contributed by atoms with Crippen molar-refractivity contribution < 1.29 is 4.79 Å². The zero-order valence-electron chi connectivity index (χ0n) is 8.79. The smallest absolute Gasteiger partial charge is 0.165 e. The number of carbonyl (C=O) groups is 1. The van der Waals surface area contributed by atoms with Crippen molar-refractivity contribution in [1.29, 1.82) is 0 Å². The van der Waals surface area contributed by atoms with Gasteiger partial charge in [-0.15, -0.1) is 0 Å². The summed E-state index contributed by atoms with van der Waals surface area (Å²) in [6.07, 6.45) is 1.69. The first kappa shape index (κ1) is 11.4. The van der Waals surface area contributed by atoms with Crippen LogP contribution in [0.15, 0.2) is 31.0 Å². The highest BCUT2D eigenvalue weighted by Gasteiger charge is 2.02. The third-order valence-corrected chi connectivity index (χ3v) is 1.85. The van der Waals surface area contributed by atoms with Crippen molar-refractivity contribution in [3.05, 3.63) is 36.7 Å². The highest BCUT2D eigenvalue weighted by atomic mass is 16.1. The Morgan fingerprint density at radius 1 is 1.47 bits per heavy atom. The normalized spacial score (nSPS) is 9.67. The van der Waals surface area contributed by atoms with E-state index in [4.69, 9.17) is 0 Å². The molecule has 1 rings (SSSR count). The van der Waals surface area contributed by atoms with Crippen LogP contribution in [0.2, 0.25) is 0 Å². The van der Waals surface area contributed by atoms with E-state index in [0.29, 0.717) is 12.2 Å². The summed E-state index contributed by atoms with van der Waals surface area (Å²) in [4.78, 5) is 15.3. The second-order valence-electron chi connectivity index (χ2n) is 3.12. The Hall–Kier alpha value is -1.68. The van der Waals surface area contributed by atoms with Crippen molar-refractivity contribution in [1.82, 2.24) is 15.6 Å². The van der Waals surface area contributed by atoms with Gasteiger partial charge >= 0.3 is 0 Å². The molecule has 0 saturated carbocycles. The van der Waals surface area contributed by atoms with Gasteiger partial charge in [0, 0.05) is 6.20 Å². The van der Waals surface area contributed by atoms with Gasteiger partial charge in [0.2, 0.25) is 0 Å². The highest BCUT2D eigenvalue weighted by molar-refractivity contribution is 5.83. The number of nitrogens with zero attached hydrogens (tertiary/aromatic N) is 1. The van der Waals surface area contributed by atoms with E-state index in [-0.39, 0.29) is 12.3 Å². The Bertz CT molecular complexity index is 335. The van der Waals surface area contributed by atoms with Gasteiger partial charge in [0.05, 0.1) is 24.5 Å². The van der Waals surface area contributed by atoms with Crippen molar-refractivity contribution in [3.63, 3.8) is 0 Å². The van der Waals surface area contributed by atoms with Crippen LogP contribution in [0.3, 0.4) is 0 Å². The van der Waals surface area contributed by atoms with Gasteiger partial charge in [0.15, 0.2) is 5.78 Å². The molecule has 0 spiro atoms. The van der Waals surface area contributed by atoms with Crippen LogP contribution in [-0.2, 0) is 4.79 Å². The summed E-state index contributed by atoms with van der Waals surface area (Å²) in [5, 5.41) is 5.73. The van der Waals surface area contributed by atoms with Crippen molar-refractivity contribution in [2.45, 2.75) is 0 Å². The minimum absolute atomic E-state index is 0.0922. The average Bonchev–Trinajstić information content (AvgIpc) is 2.27. The van der Waals surface area contributed by atoms with Gasteiger partial charge in [0.1, 0.15) is 0 Å². The summed E-state index contributed by atoms with van der Waals surface area (Å²) in [5.74, 6) is 0.0922. The predicted molar refractivity (Wildman–Crippen MR) is 60.2 cm³/mol. The number of carbonyl (C=O) groups excluding carboxylic acids is 1. The molecule has 0 radical (unpaired) electrons. The molecule has 1 aromatic heterocycles. The minimum atomic E-state index is 0.0922. The number of Topliss-reactive ketones (excluding diaryl/α,β-unsaturated/α-hetero) is 1. The Labute approximate surface area is 89.4 Å². The minimum Gasteiger partial charge on any atom is -0.377 e. The summed E-state index contributed by atoms with van der Waals surface area (Å²) in [6, 6.07) is 5.56. The van der Waals surface area contributed by atoms with Crippen LogP contribution >= 0.6 is 0 Å². The molecule has 0 aliphatic heterocycles. The Morgan fingerprint density at radius 3 is 2.87 bits per heavy atom. The SMILES string of the molecule is C=C(NCC(=O)CNC)c1ccccn1. The molecule has 4 heteroatoms. The van der Waals surface area contributed by atoms with Crippen LogP contribution in [0.25, 0.3) is 5.70 Å². The van der Waals surface area contributed by atoms with Crippen LogP contribution in [-0.4, -0.2) is 30.9 Å². The number of pyridine rings is 1. The number of ketones is 1. The van der Waals surface area contributed by atoms with Crippen LogP contribution in [0.5, 0.6) is 0 Å². The molecule has 0 atom stereocenters. The molecular formula is C11H15N3O. The number of hydrogen-bond acceptors (Lipinski definition) is 4. The van der Waals surface area contributed by atoms with E-state index in [9.17, 15) is 4.79 Å². The van der Waals surface area contributed by atoms with Crippen molar-refractivity contribution in [2.75, 3.05) is 20.1 Å². The lowest BCUT2D eigenvalue weighted by atomic mass is 10.3. The third-order valence-electron chi connectivity index (χ3n) is 1.85. The molecule has 0 unspecified atom stereocenters. The lowest BCUT2D eigenvalue weighted by Crippen LogP contribution is -2.28. The van der Waals surface area contributed by atoms with E-state index in [1.807, 2.05) is 18.2 Å². The fourth-order valence-electron chi connectivity index (χ4n) is 1.10. The van der Waals surface area contributed by atoms with Crippen LogP contribution in [0, 0.1) is 0 Å². The molecule has 0 aromatic carbocycles. The van der Waals surface area contributed by atoms with Gasteiger partial charge in [-0.05, 0) is 19.2 Å². The molecular weight excluding hydrogens is 190 g/mol. The summed E-state index contributed by atoms with van der Waals surface area (Å²) in [7, 11) is 1.74. The van der Waals surface area contributed by atoms with Gasteiger partial charge in [-0.3, -0.25) is 9.78 Å². The quantitative estimate of drug-likeness (QED) is 0.707. The van der Waals surface area contributed by atoms with Crippen molar-refractivity contribution in [3.8, 4) is 0 Å². The maximum absolute atomic E-state index is 11.2. The molecule has 1 aromatic rings. The molecule has 2 N–H and O–H groups in total. The van der Waals surface area contributed by atoms with Crippen LogP contribution in [0.4, 0.5) is 0 Å². The summed E-state index contributed by atoms with van der Waals surface area (Å²) in [5.41, 5.74) is 1.43. The Morgan fingerprint density at radius 2 is 2.27 bits per heavy atom. The molecule has 0 saturated heterocycles. The summed E-state index contributed by atoms with van der Waals surface area (Å²) >= 11 is 0. The topological polar surface area (TPSA) is 54.0 Å². The van der Waals surface area contributed by atoms with E-state index in [1.54, 1.807) is 13.2 Å². The third kappa shape index (κ3) is 3.91. The van der Waals surface area contributed by atoms with Gasteiger partial charge in [-0.25, -0.2) is 0 Å². The zero-order valence-corrected chi connectivity index (χ0v) is 8.79. The molecule has 4 nitrogen and oxygen atoms in total. The zero-order chi connectivity index (χ0) is 11.1. The van der Waals surface area contributed by atoms with Crippen LogP contribution < -0.4 is 10.6 Å². The maximum Gasteiger partial charge on any atom is 0.165 e. The van der Waals surface area contributed by atoms with E-state index in [1.165, 1.54) is 0 Å². The number of rotatable bonds is 6. The van der Waals surface area contributed by atoms with Gasteiger partial charge in [0.25, 0.3) is 0 Å². The van der Waals surface area contributed by atoms with Crippen molar-refractivity contribution >= 4 is 11.5 Å². The maximum atomic E-state index is 11.2. The fourth-order valence-corrected chi connectivity index (χ4v) is 1.10. The standard InChI is InChI=1S/C11H15N3O/c1-9(11-5-3-4-6-13-11)14-8-10(15)7-12-2/h3-6,12,14H,1,7-8H2,2H3. The molecule has 0 aliphatic carbocycles. The monoisotopic (exact) mass is 205 g/mol. The predicted octanol–water partition coefficient (Wildman–Crippen LogP) is 0.430. The van der Waals surface area contributed by atoms with Crippen LogP contribution in [0.1, 0.15) is 5.69 Å². The molecule has 80 valence electrons. The fraction of sp³-hybridized carbons (Fsp3) is 0.273. The molecule has 15 heavy (non-hydrogen) atoms. The number of hydrogen-bond donors (Lipinski definition) is 2. The van der Waals surface area contributed by atoms with Gasteiger partial charge in [-0.1, -0.05) is 12.6 Å². The molecule has 0 fully saturated rings. The Balaban J connectivity index is 2.40. The first-order valence-corrected chi connectivity index (χ1v) is 4.74. The van der Waals surface area contributed by atoms with E-state index in [0.717, 1.165) is 5.69 Å². The van der Waals surface area contributed by atoms with E-state index < -0.39 is 0 Å². The molecule has 0 bridgehead atoms. The van der Waals surface area contributed by atoms with Gasteiger partial charge < -0.3 is 10.6 Å². The number of aromatic nitrogens is 1. The first-order valence-electron chi connectivity index (χ1n) is 4.74. The van der Waals surface area contributed by atoms with Gasteiger partial charge in [-0.2, -0.15) is 0 Å². The first-order chi connectivity index (χ1) is 7.24. The molecule has 0 amide bonds. The lowest BCUT2D eigenvalue weighted by molar-refractivity contribution is -0.117. The second kappa shape index (κ2) is 5.93. The summed E-state index contributed by atoms with van der Waals surface area (Å²) < 4.78 is 0. The number of nitrogens with one attached hydrogen (secondary N) is 2. The second-order valence-corrected chi connectivity index (χ2v) is 3.12. The lowest BCUT2D eigenvalue weighted by Gasteiger charge is -2.07. The largest absolute Gasteiger partial charge is 0.377 e. The van der Waals surface area contributed by atoms with Crippen molar-refractivity contribution in [2.24, 2.45) is 0 Å². The molecule has 1 heterocycles. The summed E-state index contributed by atoms with van der Waals surface area (Å²) in [6.45, 7) is 4.45. The average molecular weight is 205 g/mol. The van der Waals surface area contributed by atoms with E-state index in [2.05, 4.69) is 22.2 Å².